The zero-order valence-corrected chi connectivity index (χ0v) is 14.0. The van der Waals surface area contributed by atoms with Crippen LogP contribution in [-0.2, 0) is 15.9 Å². The molecule has 0 aliphatic heterocycles. The third-order valence-corrected chi connectivity index (χ3v) is 3.93. The number of esters is 2. The average molecular weight is 367 g/mol. The molecule has 0 bridgehead atoms. The van der Waals surface area contributed by atoms with Crippen molar-refractivity contribution in [1.29, 1.82) is 0 Å². The summed E-state index contributed by atoms with van der Waals surface area (Å²) >= 11 is 3.33. The van der Waals surface area contributed by atoms with Crippen molar-refractivity contribution < 1.29 is 19.1 Å². The van der Waals surface area contributed by atoms with Crippen LogP contribution in [0.15, 0.2) is 28.9 Å². The Balaban J connectivity index is 2.71. The van der Waals surface area contributed by atoms with E-state index in [-0.39, 0.29) is 11.3 Å². The zero-order chi connectivity index (χ0) is 16.3. The minimum atomic E-state index is -0.700. The normalized spacial score (nSPS) is 10.4. The van der Waals surface area contributed by atoms with Crippen molar-refractivity contribution in [1.82, 2.24) is 9.78 Å². The smallest absolute Gasteiger partial charge is 0.359 e. The molecule has 0 fully saturated rings. The maximum absolute atomic E-state index is 12.0. The highest BCUT2D eigenvalue weighted by molar-refractivity contribution is 9.10. The molecule has 6 nitrogen and oxygen atoms in total. The summed E-state index contributed by atoms with van der Waals surface area (Å²) in [5.41, 5.74) is 1.75. The number of halogens is 1. The predicted octanol–water partition coefficient (Wildman–Crippen LogP) is 2.77. The summed E-state index contributed by atoms with van der Waals surface area (Å²) < 4.78 is 11.3. The van der Waals surface area contributed by atoms with Crippen LogP contribution in [0.5, 0.6) is 0 Å². The summed E-state index contributed by atoms with van der Waals surface area (Å²) in [6, 6.07) is 7.60. The van der Waals surface area contributed by atoms with E-state index < -0.39 is 11.9 Å². The van der Waals surface area contributed by atoms with Gasteiger partial charge in [-0.15, -0.1) is 0 Å². The first-order valence-electron chi connectivity index (χ1n) is 6.58. The van der Waals surface area contributed by atoms with E-state index in [2.05, 4.69) is 25.8 Å². The lowest BCUT2D eigenvalue weighted by Gasteiger charge is -2.08. The SMILES string of the molecule is CCc1ccccc1-n1nc(C(=O)OC)c(C(=O)OC)c1Br. The second-order valence-electron chi connectivity index (χ2n) is 4.39. The van der Waals surface area contributed by atoms with Gasteiger partial charge in [-0.05, 0) is 34.0 Å². The molecule has 0 saturated heterocycles. The maximum atomic E-state index is 12.0. The van der Waals surface area contributed by atoms with Gasteiger partial charge in [0.25, 0.3) is 0 Å². The zero-order valence-electron chi connectivity index (χ0n) is 12.4. The number of hydrogen-bond donors (Lipinski definition) is 0. The van der Waals surface area contributed by atoms with Crippen molar-refractivity contribution in [2.75, 3.05) is 14.2 Å². The minimum absolute atomic E-state index is 0.0419. The number of rotatable bonds is 4. The first-order valence-corrected chi connectivity index (χ1v) is 7.37. The molecule has 0 aliphatic rings. The van der Waals surface area contributed by atoms with Gasteiger partial charge in [0, 0.05) is 0 Å². The van der Waals surface area contributed by atoms with Gasteiger partial charge in [-0.2, -0.15) is 5.10 Å². The van der Waals surface area contributed by atoms with Crippen molar-refractivity contribution in [3.63, 3.8) is 0 Å². The summed E-state index contributed by atoms with van der Waals surface area (Å²) in [5, 5.41) is 4.22. The number of methoxy groups -OCH3 is 2. The Kier molecular flexibility index (Phi) is 4.97. The van der Waals surface area contributed by atoms with Crippen molar-refractivity contribution in [3.8, 4) is 5.69 Å². The number of nitrogens with zero attached hydrogens (tertiary/aromatic N) is 2. The molecule has 2 aromatic rings. The molecule has 0 saturated carbocycles. The quantitative estimate of drug-likeness (QED) is 0.778. The Labute approximate surface area is 136 Å². The number of carbonyl (C=O) groups excluding carboxylic acids is 2. The molecule has 1 aromatic carbocycles. The molecule has 0 radical (unpaired) electrons. The van der Waals surface area contributed by atoms with E-state index in [1.54, 1.807) is 0 Å². The first-order chi connectivity index (χ1) is 10.5. The van der Waals surface area contributed by atoms with E-state index >= 15 is 0 Å². The number of aromatic nitrogens is 2. The molecule has 0 unspecified atom stereocenters. The third kappa shape index (κ3) is 2.76. The molecule has 0 atom stereocenters. The Morgan fingerprint density at radius 2 is 1.82 bits per heavy atom. The van der Waals surface area contributed by atoms with Crippen LogP contribution in [-0.4, -0.2) is 35.9 Å². The molecule has 116 valence electrons. The van der Waals surface area contributed by atoms with Gasteiger partial charge >= 0.3 is 11.9 Å². The summed E-state index contributed by atoms with van der Waals surface area (Å²) in [4.78, 5) is 23.8. The van der Waals surface area contributed by atoms with Crippen molar-refractivity contribution in [2.24, 2.45) is 0 Å². The standard InChI is InChI=1S/C15H15BrN2O4/c1-4-9-7-5-6-8-10(9)18-13(16)11(14(19)21-2)12(17-18)15(20)22-3/h5-8H,4H2,1-3H3. The Bertz CT molecular complexity index is 724. The number of carbonyl (C=O) groups is 2. The summed E-state index contributed by atoms with van der Waals surface area (Å²) in [6.07, 6.45) is 0.781. The first kappa shape index (κ1) is 16.2. The van der Waals surface area contributed by atoms with E-state index in [0.717, 1.165) is 17.7 Å². The minimum Gasteiger partial charge on any atom is -0.465 e. The fourth-order valence-corrected chi connectivity index (χ4v) is 2.72. The van der Waals surface area contributed by atoms with E-state index in [1.165, 1.54) is 18.9 Å². The van der Waals surface area contributed by atoms with E-state index in [4.69, 9.17) is 4.74 Å². The van der Waals surface area contributed by atoms with Crippen LogP contribution in [0.2, 0.25) is 0 Å². The topological polar surface area (TPSA) is 70.4 Å². The predicted molar refractivity (Wildman–Crippen MR) is 83.3 cm³/mol. The Morgan fingerprint density at radius 1 is 1.18 bits per heavy atom. The van der Waals surface area contributed by atoms with E-state index in [1.807, 2.05) is 31.2 Å². The lowest BCUT2D eigenvalue weighted by molar-refractivity contribution is 0.0551. The lowest BCUT2D eigenvalue weighted by Crippen LogP contribution is -2.10. The van der Waals surface area contributed by atoms with Gasteiger partial charge in [0.1, 0.15) is 10.2 Å². The number of para-hydroxylation sites is 1. The Morgan fingerprint density at radius 3 is 2.41 bits per heavy atom. The molecule has 0 N–H and O–H groups in total. The fourth-order valence-electron chi connectivity index (χ4n) is 2.10. The highest BCUT2D eigenvalue weighted by Crippen LogP contribution is 2.27. The summed E-state index contributed by atoms with van der Waals surface area (Å²) in [7, 11) is 2.48. The molecular formula is C15H15BrN2O4. The van der Waals surface area contributed by atoms with Crippen LogP contribution in [0, 0.1) is 0 Å². The monoisotopic (exact) mass is 366 g/mol. The molecule has 1 aromatic heterocycles. The highest BCUT2D eigenvalue weighted by atomic mass is 79.9. The van der Waals surface area contributed by atoms with Crippen molar-refractivity contribution >= 4 is 27.9 Å². The van der Waals surface area contributed by atoms with Crippen LogP contribution in [0.4, 0.5) is 0 Å². The summed E-state index contributed by atoms with van der Waals surface area (Å²) in [5.74, 6) is -1.36. The van der Waals surface area contributed by atoms with E-state index in [0.29, 0.717) is 4.60 Å². The van der Waals surface area contributed by atoms with Gasteiger partial charge in [0.15, 0.2) is 5.69 Å². The molecule has 7 heteroatoms. The van der Waals surface area contributed by atoms with Crippen LogP contribution in [0.1, 0.15) is 33.3 Å². The van der Waals surface area contributed by atoms with Gasteiger partial charge in [-0.1, -0.05) is 25.1 Å². The molecular weight excluding hydrogens is 352 g/mol. The largest absolute Gasteiger partial charge is 0.465 e. The fraction of sp³-hybridized carbons (Fsp3) is 0.267. The molecule has 22 heavy (non-hydrogen) atoms. The molecule has 0 aliphatic carbocycles. The number of benzene rings is 1. The van der Waals surface area contributed by atoms with Crippen molar-refractivity contribution in [2.45, 2.75) is 13.3 Å². The van der Waals surface area contributed by atoms with Crippen LogP contribution >= 0.6 is 15.9 Å². The molecule has 2 rings (SSSR count). The van der Waals surface area contributed by atoms with Gasteiger partial charge < -0.3 is 9.47 Å². The number of aryl methyl sites for hydroxylation is 1. The van der Waals surface area contributed by atoms with Gasteiger partial charge in [-0.25, -0.2) is 14.3 Å². The van der Waals surface area contributed by atoms with Crippen LogP contribution < -0.4 is 0 Å². The second-order valence-corrected chi connectivity index (χ2v) is 5.14. The summed E-state index contributed by atoms with van der Waals surface area (Å²) in [6.45, 7) is 2.01. The van der Waals surface area contributed by atoms with Crippen molar-refractivity contribution in [3.05, 3.63) is 45.7 Å². The third-order valence-electron chi connectivity index (χ3n) is 3.20. The average Bonchev–Trinajstić information content (AvgIpc) is 2.90. The van der Waals surface area contributed by atoms with Gasteiger partial charge in [0.05, 0.1) is 19.9 Å². The lowest BCUT2D eigenvalue weighted by atomic mass is 10.1. The highest BCUT2D eigenvalue weighted by Gasteiger charge is 2.29. The van der Waals surface area contributed by atoms with Crippen LogP contribution in [0.3, 0.4) is 0 Å². The van der Waals surface area contributed by atoms with Gasteiger partial charge in [-0.3, -0.25) is 0 Å². The molecule has 0 amide bonds. The molecule has 1 heterocycles. The number of ether oxygens (including phenoxy) is 2. The molecule has 0 spiro atoms. The van der Waals surface area contributed by atoms with E-state index in [9.17, 15) is 9.59 Å². The number of hydrogen-bond acceptors (Lipinski definition) is 5. The van der Waals surface area contributed by atoms with Crippen LogP contribution in [0.25, 0.3) is 5.69 Å². The second kappa shape index (κ2) is 6.74. The maximum Gasteiger partial charge on any atom is 0.359 e. The Hall–Kier alpha value is -2.15. The van der Waals surface area contributed by atoms with Gasteiger partial charge in [0.2, 0.25) is 0 Å².